The van der Waals surface area contributed by atoms with Gasteiger partial charge in [0.1, 0.15) is 0 Å². The zero-order chi connectivity index (χ0) is 13.6. The number of hydrogen-bond donors (Lipinski definition) is 2. The summed E-state index contributed by atoms with van der Waals surface area (Å²) < 4.78 is 25.9. The zero-order valence-corrected chi connectivity index (χ0v) is 10.7. The summed E-state index contributed by atoms with van der Waals surface area (Å²) in [7, 11) is -3.67. The van der Waals surface area contributed by atoms with E-state index in [1.807, 2.05) is 30.3 Å². The first-order valence-corrected chi connectivity index (χ1v) is 7.06. The minimum absolute atomic E-state index is 0.0276. The molecule has 18 heavy (non-hydrogen) atoms. The standard InChI is InChI=1S/C10H11NO2.CH4O3S/c12-7-9-6-10(11-13-9)8-4-2-1-3-5-8;1-5(2,3)4/h1-5,9,12H,6-7H2;1H3,(H,2,3,4). The molecule has 2 rings (SSSR count). The Hall–Kier alpha value is -1.44. The number of rotatable bonds is 2. The second kappa shape index (κ2) is 6.48. The molecular weight excluding hydrogens is 258 g/mol. The van der Waals surface area contributed by atoms with Crippen LogP contribution in [-0.2, 0) is 15.0 Å². The highest BCUT2D eigenvalue weighted by molar-refractivity contribution is 7.85. The van der Waals surface area contributed by atoms with Crippen LogP contribution in [0.5, 0.6) is 0 Å². The molecule has 0 aromatic heterocycles. The molecule has 7 heteroatoms. The number of nitrogens with zero attached hydrogens (tertiary/aromatic N) is 1. The van der Waals surface area contributed by atoms with Crippen LogP contribution >= 0.6 is 0 Å². The van der Waals surface area contributed by atoms with Gasteiger partial charge in [0, 0.05) is 6.42 Å². The highest BCUT2D eigenvalue weighted by atomic mass is 32.2. The lowest BCUT2D eigenvalue weighted by Gasteiger charge is -2.01. The van der Waals surface area contributed by atoms with Gasteiger partial charge in [-0.2, -0.15) is 8.42 Å². The van der Waals surface area contributed by atoms with E-state index in [2.05, 4.69) is 5.16 Å². The first kappa shape index (κ1) is 14.6. The molecule has 1 heterocycles. The average Bonchev–Trinajstić information content (AvgIpc) is 2.76. The van der Waals surface area contributed by atoms with Crippen molar-refractivity contribution in [2.45, 2.75) is 12.5 Å². The lowest BCUT2D eigenvalue weighted by atomic mass is 10.1. The van der Waals surface area contributed by atoms with Gasteiger partial charge in [0.05, 0.1) is 18.6 Å². The van der Waals surface area contributed by atoms with Gasteiger partial charge in [0.2, 0.25) is 0 Å². The number of hydrogen-bond acceptors (Lipinski definition) is 5. The third-order valence-corrected chi connectivity index (χ3v) is 2.04. The maximum atomic E-state index is 9.19. The van der Waals surface area contributed by atoms with E-state index in [9.17, 15) is 8.42 Å². The Balaban J connectivity index is 0.000000280. The van der Waals surface area contributed by atoms with Crippen LogP contribution in [0.2, 0.25) is 0 Å². The van der Waals surface area contributed by atoms with Gasteiger partial charge >= 0.3 is 0 Å². The lowest BCUT2D eigenvalue weighted by molar-refractivity contribution is 0.0390. The minimum Gasteiger partial charge on any atom is -0.392 e. The molecule has 1 aromatic carbocycles. The molecule has 0 radical (unpaired) electrons. The zero-order valence-electron chi connectivity index (χ0n) is 9.85. The summed E-state index contributed by atoms with van der Waals surface area (Å²) in [5, 5.41) is 12.7. The van der Waals surface area contributed by atoms with Crippen molar-refractivity contribution in [1.29, 1.82) is 0 Å². The van der Waals surface area contributed by atoms with E-state index in [0.29, 0.717) is 12.7 Å². The third kappa shape index (κ3) is 5.76. The molecule has 1 unspecified atom stereocenters. The summed E-state index contributed by atoms with van der Waals surface area (Å²) in [4.78, 5) is 5.01. The Morgan fingerprint density at radius 3 is 2.39 bits per heavy atom. The van der Waals surface area contributed by atoms with Crippen LogP contribution in [0.15, 0.2) is 35.5 Å². The van der Waals surface area contributed by atoms with E-state index >= 15 is 0 Å². The van der Waals surface area contributed by atoms with Crippen LogP contribution < -0.4 is 0 Å². The molecule has 0 saturated heterocycles. The van der Waals surface area contributed by atoms with Gasteiger partial charge in [0.25, 0.3) is 10.1 Å². The molecule has 0 amide bonds. The maximum Gasteiger partial charge on any atom is 0.261 e. The van der Waals surface area contributed by atoms with Gasteiger partial charge in [-0.1, -0.05) is 35.5 Å². The molecule has 0 saturated carbocycles. The van der Waals surface area contributed by atoms with Crippen molar-refractivity contribution in [3.05, 3.63) is 35.9 Å². The molecule has 0 fully saturated rings. The van der Waals surface area contributed by atoms with Crippen LogP contribution in [0, 0.1) is 0 Å². The normalized spacial score (nSPS) is 18.4. The molecule has 100 valence electrons. The summed E-state index contributed by atoms with van der Waals surface area (Å²) >= 11 is 0. The summed E-state index contributed by atoms with van der Waals surface area (Å²) in [6, 6.07) is 9.86. The van der Waals surface area contributed by atoms with Crippen molar-refractivity contribution in [3.8, 4) is 0 Å². The molecule has 0 aliphatic carbocycles. The van der Waals surface area contributed by atoms with Gasteiger partial charge in [-0.3, -0.25) is 4.55 Å². The number of aliphatic hydroxyl groups is 1. The first-order chi connectivity index (χ1) is 8.40. The topological polar surface area (TPSA) is 96.2 Å². The summed E-state index contributed by atoms with van der Waals surface area (Å²) in [5.74, 6) is 0. The van der Waals surface area contributed by atoms with Crippen molar-refractivity contribution in [3.63, 3.8) is 0 Å². The maximum absolute atomic E-state index is 9.19. The Bertz CT molecular complexity index is 489. The minimum atomic E-state index is -3.67. The molecule has 2 N–H and O–H groups in total. The summed E-state index contributed by atoms with van der Waals surface area (Å²) in [5.41, 5.74) is 1.98. The molecule has 0 bridgehead atoms. The first-order valence-electron chi connectivity index (χ1n) is 5.21. The number of oxime groups is 1. The molecular formula is C11H15NO5S. The van der Waals surface area contributed by atoms with Gasteiger partial charge in [-0.15, -0.1) is 0 Å². The second-order valence-electron chi connectivity index (χ2n) is 3.75. The van der Waals surface area contributed by atoms with E-state index < -0.39 is 10.1 Å². The van der Waals surface area contributed by atoms with Crippen molar-refractivity contribution in [1.82, 2.24) is 0 Å². The fraction of sp³-hybridized carbons (Fsp3) is 0.364. The van der Waals surface area contributed by atoms with Gasteiger partial charge in [0.15, 0.2) is 6.10 Å². The van der Waals surface area contributed by atoms with Gasteiger partial charge in [-0.25, -0.2) is 0 Å². The van der Waals surface area contributed by atoms with E-state index in [1.165, 1.54) is 0 Å². The highest BCUT2D eigenvalue weighted by Gasteiger charge is 2.20. The van der Waals surface area contributed by atoms with Crippen molar-refractivity contribution in [2.75, 3.05) is 12.9 Å². The van der Waals surface area contributed by atoms with E-state index in [4.69, 9.17) is 14.5 Å². The van der Waals surface area contributed by atoms with E-state index in [0.717, 1.165) is 11.3 Å². The summed E-state index contributed by atoms with van der Waals surface area (Å²) in [6.07, 6.45) is 1.25. The van der Waals surface area contributed by atoms with Gasteiger partial charge in [-0.05, 0) is 5.56 Å². The Kier molecular flexibility index (Phi) is 5.26. The fourth-order valence-corrected chi connectivity index (χ4v) is 1.33. The highest BCUT2D eigenvalue weighted by Crippen LogP contribution is 2.15. The van der Waals surface area contributed by atoms with Crippen LogP contribution in [-0.4, -0.2) is 42.8 Å². The SMILES string of the molecule is CS(=O)(=O)O.OCC1CC(c2ccccc2)=NO1. The Morgan fingerprint density at radius 1 is 1.39 bits per heavy atom. The van der Waals surface area contributed by atoms with Crippen molar-refractivity contribution >= 4 is 15.8 Å². The monoisotopic (exact) mass is 273 g/mol. The summed E-state index contributed by atoms with van der Waals surface area (Å²) in [6.45, 7) is 0.0276. The smallest absolute Gasteiger partial charge is 0.261 e. The molecule has 6 nitrogen and oxygen atoms in total. The fourth-order valence-electron chi connectivity index (χ4n) is 1.33. The second-order valence-corrected chi connectivity index (χ2v) is 5.22. The van der Waals surface area contributed by atoms with Crippen molar-refractivity contribution < 1.29 is 22.9 Å². The Labute approximate surface area is 106 Å². The molecule has 1 aliphatic heterocycles. The molecule has 0 spiro atoms. The Morgan fingerprint density at radius 2 is 1.94 bits per heavy atom. The van der Waals surface area contributed by atoms with Crippen molar-refractivity contribution in [2.24, 2.45) is 5.16 Å². The predicted molar refractivity (Wildman–Crippen MR) is 67.0 cm³/mol. The van der Waals surface area contributed by atoms with Crippen LogP contribution in [0.4, 0.5) is 0 Å². The largest absolute Gasteiger partial charge is 0.392 e. The van der Waals surface area contributed by atoms with E-state index in [-0.39, 0.29) is 12.7 Å². The van der Waals surface area contributed by atoms with Gasteiger partial charge < -0.3 is 9.94 Å². The number of aliphatic hydroxyl groups excluding tert-OH is 1. The molecule has 1 atom stereocenters. The van der Waals surface area contributed by atoms with Crippen LogP contribution in [0.3, 0.4) is 0 Å². The average molecular weight is 273 g/mol. The number of benzene rings is 1. The molecule has 1 aliphatic rings. The van der Waals surface area contributed by atoms with Crippen LogP contribution in [0.1, 0.15) is 12.0 Å². The lowest BCUT2D eigenvalue weighted by Crippen LogP contribution is -2.12. The third-order valence-electron chi connectivity index (χ3n) is 2.04. The predicted octanol–water partition coefficient (Wildman–Crippen LogP) is 0.676. The van der Waals surface area contributed by atoms with Crippen LogP contribution in [0.25, 0.3) is 0 Å². The molecule has 1 aromatic rings. The van der Waals surface area contributed by atoms with E-state index in [1.54, 1.807) is 0 Å². The quantitative estimate of drug-likeness (QED) is 0.772.